The summed E-state index contributed by atoms with van der Waals surface area (Å²) in [5, 5.41) is 0. The van der Waals surface area contributed by atoms with Gasteiger partial charge in [0.2, 0.25) is 10.0 Å². The van der Waals surface area contributed by atoms with Crippen LogP contribution in [0.4, 0.5) is 13.2 Å². The molecule has 0 aliphatic rings. The number of hydrogen-bond acceptors (Lipinski definition) is 4. The van der Waals surface area contributed by atoms with Crippen molar-refractivity contribution >= 4 is 15.9 Å². The summed E-state index contributed by atoms with van der Waals surface area (Å²) in [7, 11) is -1.83. The molecule has 0 bridgehead atoms. The molecule has 0 aliphatic carbocycles. The Hall–Kier alpha value is -1.59. The molecule has 126 valence electrons. The monoisotopic (exact) mass is 343 g/mol. The molecule has 1 aromatic heterocycles. The first-order valence-electron chi connectivity index (χ1n) is 6.01. The summed E-state index contributed by atoms with van der Waals surface area (Å²) in [6.45, 7) is -2.33. The number of alkyl halides is 3. The van der Waals surface area contributed by atoms with Crippen molar-refractivity contribution in [1.82, 2.24) is 8.87 Å². The predicted molar refractivity (Wildman–Crippen MR) is 70.6 cm³/mol. The molecule has 0 saturated heterocycles. The standard InChI is InChI=1S/C11H16F3N3O4S/c1-16-6-8(5-9(16)10(15)18)22(19,20)17(3-4-21-2)7-11(12,13)14/h5-6H,3-4,7H2,1-2H3,(H2,15,18). The number of nitrogens with two attached hydrogens (primary N) is 1. The molecule has 22 heavy (non-hydrogen) atoms. The van der Waals surface area contributed by atoms with Crippen molar-refractivity contribution < 1.29 is 31.1 Å². The lowest BCUT2D eigenvalue weighted by atomic mass is 10.4. The van der Waals surface area contributed by atoms with E-state index in [9.17, 15) is 26.4 Å². The lowest BCUT2D eigenvalue weighted by Gasteiger charge is -2.22. The first-order valence-corrected chi connectivity index (χ1v) is 7.45. The minimum atomic E-state index is -4.71. The van der Waals surface area contributed by atoms with Gasteiger partial charge < -0.3 is 15.0 Å². The van der Waals surface area contributed by atoms with Crippen molar-refractivity contribution in [2.75, 3.05) is 26.8 Å². The molecule has 2 N–H and O–H groups in total. The van der Waals surface area contributed by atoms with E-state index in [1.165, 1.54) is 14.2 Å². The van der Waals surface area contributed by atoms with E-state index in [0.29, 0.717) is 0 Å². The van der Waals surface area contributed by atoms with Crippen LogP contribution < -0.4 is 5.73 Å². The highest BCUT2D eigenvalue weighted by Crippen LogP contribution is 2.23. The minimum Gasteiger partial charge on any atom is -0.383 e. The third-order valence-electron chi connectivity index (χ3n) is 2.77. The Balaban J connectivity index is 3.20. The zero-order chi connectivity index (χ0) is 17.1. The Labute approximate surface area is 125 Å². The van der Waals surface area contributed by atoms with Crippen LogP contribution in [0.5, 0.6) is 0 Å². The molecule has 0 unspecified atom stereocenters. The van der Waals surface area contributed by atoms with Gasteiger partial charge in [-0.05, 0) is 6.07 Å². The number of hydrogen-bond donors (Lipinski definition) is 1. The summed E-state index contributed by atoms with van der Waals surface area (Å²) < 4.78 is 68.3. The molecule has 0 saturated carbocycles. The van der Waals surface area contributed by atoms with Gasteiger partial charge in [-0.15, -0.1) is 0 Å². The molecule has 1 aromatic rings. The van der Waals surface area contributed by atoms with Gasteiger partial charge in [-0.25, -0.2) is 8.42 Å². The van der Waals surface area contributed by atoms with Gasteiger partial charge in [-0.3, -0.25) is 4.79 Å². The third-order valence-corrected chi connectivity index (χ3v) is 4.58. The largest absolute Gasteiger partial charge is 0.402 e. The van der Waals surface area contributed by atoms with E-state index in [2.05, 4.69) is 4.74 Å². The average molecular weight is 343 g/mol. The number of carbonyl (C=O) groups excluding carboxylic acids is 1. The van der Waals surface area contributed by atoms with E-state index in [0.717, 1.165) is 16.8 Å². The lowest BCUT2D eigenvalue weighted by molar-refractivity contribution is -0.136. The molecule has 1 heterocycles. The van der Waals surface area contributed by atoms with E-state index in [1.807, 2.05) is 0 Å². The maximum absolute atomic E-state index is 12.6. The number of amides is 1. The molecule has 11 heteroatoms. The fraction of sp³-hybridized carbons (Fsp3) is 0.545. The summed E-state index contributed by atoms with van der Waals surface area (Å²) in [5.41, 5.74) is 4.93. The lowest BCUT2D eigenvalue weighted by Crippen LogP contribution is -2.40. The van der Waals surface area contributed by atoms with E-state index in [1.54, 1.807) is 0 Å². The van der Waals surface area contributed by atoms with Gasteiger partial charge in [0.1, 0.15) is 17.1 Å². The number of ether oxygens (including phenoxy) is 1. The zero-order valence-electron chi connectivity index (χ0n) is 11.9. The number of rotatable bonds is 7. The van der Waals surface area contributed by atoms with Crippen molar-refractivity contribution in [3.8, 4) is 0 Å². The SMILES string of the molecule is COCCN(CC(F)(F)F)S(=O)(=O)c1cc(C(N)=O)n(C)c1. The second kappa shape index (κ2) is 6.67. The Morgan fingerprint density at radius 2 is 2.05 bits per heavy atom. The normalized spacial score (nSPS) is 12.8. The minimum absolute atomic E-state index is 0.128. The van der Waals surface area contributed by atoms with Gasteiger partial charge >= 0.3 is 6.18 Å². The number of aryl methyl sites for hydroxylation is 1. The maximum Gasteiger partial charge on any atom is 0.402 e. The highest BCUT2D eigenvalue weighted by Gasteiger charge is 2.37. The van der Waals surface area contributed by atoms with Gasteiger partial charge in [-0.1, -0.05) is 0 Å². The van der Waals surface area contributed by atoms with Gasteiger partial charge in [0, 0.05) is 26.9 Å². The highest BCUT2D eigenvalue weighted by molar-refractivity contribution is 7.89. The topological polar surface area (TPSA) is 94.6 Å². The number of halogens is 3. The second-order valence-corrected chi connectivity index (χ2v) is 6.42. The van der Waals surface area contributed by atoms with Crippen LogP contribution >= 0.6 is 0 Å². The summed E-state index contributed by atoms with van der Waals surface area (Å²) >= 11 is 0. The molecular formula is C11H16F3N3O4S. The van der Waals surface area contributed by atoms with Gasteiger partial charge in [0.25, 0.3) is 5.91 Å². The number of methoxy groups -OCH3 is 1. The van der Waals surface area contributed by atoms with Crippen molar-refractivity contribution in [3.05, 3.63) is 18.0 Å². The quantitative estimate of drug-likeness (QED) is 0.771. The van der Waals surface area contributed by atoms with Crippen molar-refractivity contribution in [2.24, 2.45) is 12.8 Å². The van der Waals surface area contributed by atoms with Crippen molar-refractivity contribution in [1.29, 1.82) is 0 Å². The summed E-state index contributed by atoms with van der Waals surface area (Å²) in [5.74, 6) is -0.886. The third kappa shape index (κ3) is 4.45. The van der Waals surface area contributed by atoms with Crippen molar-refractivity contribution in [3.63, 3.8) is 0 Å². The highest BCUT2D eigenvalue weighted by atomic mass is 32.2. The maximum atomic E-state index is 12.6. The Kier molecular flexibility index (Phi) is 5.59. The van der Waals surface area contributed by atoms with Crippen LogP contribution in [0.2, 0.25) is 0 Å². The van der Waals surface area contributed by atoms with E-state index < -0.39 is 40.1 Å². The van der Waals surface area contributed by atoms with Crippen LogP contribution in [0.15, 0.2) is 17.2 Å². The summed E-state index contributed by atoms with van der Waals surface area (Å²) in [6.07, 6.45) is -3.67. The average Bonchev–Trinajstić information content (AvgIpc) is 2.76. The van der Waals surface area contributed by atoms with E-state index in [4.69, 9.17) is 5.73 Å². The molecule has 1 rings (SSSR count). The molecule has 0 atom stereocenters. The van der Waals surface area contributed by atoms with Crippen LogP contribution in [-0.4, -0.2) is 56.2 Å². The van der Waals surface area contributed by atoms with Crippen LogP contribution in [0.3, 0.4) is 0 Å². The van der Waals surface area contributed by atoms with Gasteiger partial charge in [-0.2, -0.15) is 17.5 Å². The Bertz CT molecular complexity index is 639. The first kappa shape index (κ1) is 18.5. The van der Waals surface area contributed by atoms with Crippen LogP contribution in [0, 0.1) is 0 Å². The fourth-order valence-electron chi connectivity index (χ4n) is 1.75. The molecular weight excluding hydrogens is 327 g/mol. The Morgan fingerprint density at radius 1 is 1.45 bits per heavy atom. The number of aromatic nitrogens is 1. The predicted octanol–water partition coefficient (Wildman–Crippen LogP) is 0.323. The molecule has 1 amide bonds. The first-order chi connectivity index (χ1) is 9.99. The zero-order valence-corrected chi connectivity index (χ0v) is 12.7. The van der Waals surface area contributed by atoms with Crippen LogP contribution in [-0.2, 0) is 21.8 Å². The number of sulfonamides is 1. The second-order valence-electron chi connectivity index (χ2n) is 4.48. The van der Waals surface area contributed by atoms with Crippen molar-refractivity contribution in [2.45, 2.75) is 11.1 Å². The van der Waals surface area contributed by atoms with E-state index in [-0.39, 0.29) is 16.6 Å². The molecule has 0 fully saturated rings. The molecule has 7 nitrogen and oxygen atoms in total. The fourth-order valence-corrected chi connectivity index (χ4v) is 3.23. The number of carbonyl (C=O) groups is 1. The van der Waals surface area contributed by atoms with Crippen LogP contribution in [0.1, 0.15) is 10.5 Å². The van der Waals surface area contributed by atoms with Crippen LogP contribution in [0.25, 0.3) is 0 Å². The number of primary amides is 1. The molecule has 0 spiro atoms. The molecule has 0 aromatic carbocycles. The molecule has 0 radical (unpaired) electrons. The van der Waals surface area contributed by atoms with Gasteiger partial charge in [0.15, 0.2) is 0 Å². The number of nitrogens with zero attached hydrogens (tertiary/aromatic N) is 2. The summed E-state index contributed by atoms with van der Waals surface area (Å²) in [6, 6.07) is 0.938. The van der Waals surface area contributed by atoms with E-state index >= 15 is 0 Å². The molecule has 0 aliphatic heterocycles. The smallest absolute Gasteiger partial charge is 0.383 e. The van der Waals surface area contributed by atoms with Gasteiger partial charge in [0.05, 0.1) is 6.61 Å². The Morgan fingerprint density at radius 3 is 2.45 bits per heavy atom. The summed E-state index contributed by atoms with van der Waals surface area (Å²) in [4.78, 5) is 10.7.